The number of rotatable bonds is 3. The Hall–Kier alpha value is -1.20. The van der Waals surface area contributed by atoms with Gasteiger partial charge in [0.05, 0.1) is 18.1 Å². The van der Waals surface area contributed by atoms with E-state index >= 15 is 0 Å². The van der Waals surface area contributed by atoms with Crippen molar-refractivity contribution in [3.8, 4) is 0 Å². The van der Waals surface area contributed by atoms with Crippen molar-refractivity contribution in [1.29, 1.82) is 0 Å². The van der Waals surface area contributed by atoms with Crippen LogP contribution >= 0.6 is 0 Å². The minimum Gasteiger partial charge on any atom is -0.731 e. The van der Waals surface area contributed by atoms with Gasteiger partial charge in [0.1, 0.15) is 6.04 Å². The van der Waals surface area contributed by atoms with Crippen molar-refractivity contribution < 1.29 is 52.1 Å². The first kappa shape index (κ1) is 18.1. The normalized spacial score (nSPS) is 23.7. The van der Waals surface area contributed by atoms with Crippen molar-refractivity contribution in [3.63, 3.8) is 0 Å². The maximum Gasteiger partial charge on any atom is 1.00 e. The molecule has 0 spiro atoms. The number of hydrogen-bond acceptors (Lipinski definition) is 6. The van der Waals surface area contributed by atoms with E-state index in [2.05, 4.69) is 4.98 Å². The molecule has 2 fully saturated rings. The van der Waals surface area contributed by atoms with Crippen LogP contribution in [-0.4, -0.2) is 62.2 Å². The molecule has 0 radical (unpaired) electrons. The van der Waals surface area contributed by atoms with Crippen molar-refractivity contribution >= 4 is 28.2 Å². The molecule has 0 bridgehead atoms. The van der Waals surface area contributed by atoms with Gasteiger partial charge in [0.2, 0.25) is 5.91 Å². The Balaban J connectivity index is 0.00000192. The number of amides is 2. The molecule has 1 aromatic rings. The Morgan fingerprint density at radius 3 is 2.74 bits per heavy atom. The summed E-state index contributed by atoms with van der Waals surface area (Å²) < 4.78 is 35.0. The third-order valence-corrected chi connectivity index (χ3v) is 4.72. The molecule has 2 aliphatic heterocycles. The minimum atomic E-state index is -4.81. The first-order chi connectivity index (χ1) is 10.3. The zero-order valence-corrected chi connectivity index (χ0v) is 15.4. The van der Waals surface area contributed by atoms with Crippen LogP contribution in [0, 0.1) is 0 Å². The summed E-state index contributed by atoms with van der Waals surface area (Å²) in [7, 11) is -3.01. The Kier molecular flexibility index (Phi) is 5.02. The number of carbonyl (C=O) groups is 2. The van der Waals surface area contributed by atoms with E-state index in [1.54, 1.807) is 24.1 Å². The van der Waals surface area contributed by atoms with E-state index in [-0.39, 0.29) is 42.5 Å². The van der Waals surface area contributed by atoms with E-state index < -0.39 is 34.2 Å². The molecule has 0 aromatic carbocycles. The van der Waals surface area contributed by atoms with Crippen molar-refractivity contribution in [2.45, 2.75) is 18.5 Å². The van der Waals surface area contributed by atoms with Gasteiger partial charge in [0.15, 0.2) is 10.3 Å². The second-order valence-electron chi connectivity index (χ2n) is 5.22. The standard InChI is InChI=1S/C12H14N4O5S.Na/c1-14-6-8(13-7-14)2-3-10(17)15-5-4-9-11(15)12(18)16(9)22(19,20)21;/h2-3,6-7,9,11H,4-5H2,1H3,(H,19,20,21);/q;+1/p-1/b3-2+;/t9-,11+;/m1./s1. The fraction of sp³-hybridized carbons (Fsp3) is 0.417. The molecule has 2 atom stereocenters. The predicted octanol–water partition coefficient (Wildman–Crippen LogP) is -4.29. The summed E-state index contributed by atoms with van der Waals surface area (Å²) >= 11 is 0. The molecular weight excluding hydrogens is 335 g/mol. The topological polar surface area (TPSA) is 116 Å². The van der Waals surface area contributed by atoms with Crippen LogP contribution < -0.4 is 29.6 Å². The van der Waals surface area contributed by atoms with Crippen molar-refractivity contribution in [2.75, 3.05) is 6.54 Å². The molecule has 11 heteroatoms. The molecule has 3 heterocycles. The molecule has 2 aliphatic rings. The molecule has 2 saturated heterocycles. The minimum absolute atomic E-state index is 0. The number of nitrogens with zero attached hydrogens (tertiary/aromatic N) is 4. The summed E-state index contributed by atoms with van der Waals surface area (Å²) in [6.45, 7) is 0.235. The smallest absolute Gasteiger partial charge is 0.731 e. The van der Waals surface area contributed by atoms with E-state index in [4.69, 9.17) is 0 Å². The molecule has 9 nitrogen and oxygen atoms in total. The predicted molar refractivity (Wildman–Crippen MR) is 72.7 cm³/mol. The van der Waals surface area contributed by atoms with Crippen molar-refractivity contribution in [2.24, 2.45) is 7.05 Å². The number of likely N-dealkylation sites (tertiary alicyclic amines) is 1. The quantitative estimate of drug-likeness (QED) is 0.236. The maximum atomic E-state index is 12.1. The number of carbonyl (C=O) groups excluding carboxylic acids is 2. The monoisotopic (exact) mass is 348 g/mol. The molecule has 0 N–H and O–H groups in total. The van der Waals surface area contributed by atoms with E-state index in [0.717, 1.165) is 0 Å². The second-order valence-corrected chi connectivity index (χ2v) is 6.47. The van der Waals surface area contributed by atoms with Crippen LogP contribution in [0.25, 0.3) is 6.08 Å². The summed E-state index contributed by atoms with van der Waals surface area (Å²) in [4.78, 5) is 29.2. The van der Waals surface area contributed by atoms with E-state index in [9.17, 15) is 22.6 Å². The first-order valence-corrected chi connectivity index (χ1v) is 7.91. The molecule has 0 unspecified atom stereocenters. The van der Waals surface area contributed by atoms with E-state index in [1.807, 2.05) is 0 Å². The van der Waals surface area contributed by atoms with Gasteiger partial charge in [-0.3, -0.25) is 9.59 Å². The average molecular weight is 348 g/mol. The molecule has 23 heavy (non-hydrogen) atoms. The Bertz CT molecular complexity index is 774. The van der Waals surface area contributed by atoms with Crippen molar-refractivity contribution in [3.05, 3.63) is 24.3 Å². The van der Waals surface area contributed by atoms with Gasteiger partial charge in [-0.25, -0.2) is 17.7 Å². The van der Waals surface area contributed by atoms with Crippen LogP contribution in [-0.2, 0) is 26.9 Å². The summed E-state index contributed by atoms with van der Waals surface area (Å²) in [5.74, 6) is -1.24. The van der Waals surface area contributed by atoms with Crippen LogP contribution in [0.5, 0.6) is 0 Å². The van der Waals surface area contributed by atoms with Crippen LogP contribution in [0.4, 0.5) is 0 Å². The van der Waals surface area contributed by atoms with E-state index in [1.165, 1.54) is 17.1 Å². The zero-order chi connectivity index (χ0) is 16.1. The summed E-state index contributed by atoms with van der Waals surface area (Å²) in [5, 5.41) is 0. The largest absolute Gasteiger partial charge is 1.00 e. The molecule has 0 aliphatic carbocycles. The fourth-order valence-corrected chi connectivity index (χ4v) is 3.71. The third-order valence-electron chi connectivity index (χ3n) is 3.78. The summed E-state index contributed by atoms with van der Waals surface area (Å²) in [6, 6.07) is -1.59. The van der Waals surface area contributed by atoms with E-state index in [0.29, 0.717) is 10.00 Å². The van der Waals surface area contributed by atoms with Crippen molar-refractivity contribution in [1.82, 2.24) is 18.8 Å². The fourth-order valence-electron chi connectivity index (χ4n) is 2.83. The second kappa shape index (κ2) is 6.36. The number of fused-ring (bicyclic) bond motifs is 1. The Morgan fingerprint density at radius 2 is 2.17 bits per heavy atom. The molecule has 2 amide bonds. The summed E-state index contributed by atoms with van der Waals surface area (Å²) in [6.07, 6.45) is 6.38. The number of imidazole rings is 1. The zero-order valence-electron chi connectivity index (χ0n) is 12.6. The number of aryl methyl sites for hydroxylation is 1. The third kappa shape index (κ3) is 3.22. The van der Waals surface area contributed by atoms with Crippen LogP contribution in [0.1, 0.15) is 12.1 Å². The first-order valence-electron chi connectivity index (χ1n) is 6.55. The Morgan fingerprint density at radius 1 is 1.48 bits per heavy atom. The van der Waals surface area contributed by atoms with Crippen LogP contribution in [0.15, 0.2) is 18.6 Å². The SMILES string of the molecule is Cn1cnc(/C=C/C(=O)N2CC[C@@H]3[C@H]2C(=O)N3S(=O)(=O)[O-])c1.[Na+]. The number of aromatic nitrogens is 2. The molecular formula is C12H13N4NaO5S. The number of β-lactam (4-membered cyclic amide) rings is 1. The van der Waals surface area contributed by atoms with Gasteiger partial charge in [-0.2, -0.15) is 0 Å². The molecule has 3 rings (SSSR count). The molecule has 118 valence electrons. The van der Waals surface area contributed by atoms with Gasteiger partial charge in [-0.15, -0.1) is 0 Å². The molecule has 0 saturated carbocycles. The number of hydrogen-bond donors (Lipinski definition) is 0. The van der Waals surface area contributed by atoms with Gasteiger partial charge < -0.3 is 14.0 Å². The van der Waals surface area contributed by atoms with Gasteiger partial charge in [-0.1, -0.05) is 0 Å². The van der Waals surface area contributed by atoms with Crippen LogP contribution in [0.3, 0.4) is 0 Å². The summed E-state index contributed by atoms with van der Waals surface area (Å²) in [5.41, 5.74) is 0.593. The van der Waals surface area contributed by atoms with Gasteiger partial charge >= 0.3 is 29.6 Å². The van der Waals surface area contributed by atoms with Gasteiger partial charge in [0.25, 0.3) is 5.91 Å². The van der Waals surface area contributed by atoms with Crippen LogP contribution in [0.2, 0.25) is 0 Å². The Labute approximate surface area is 155 Å². The van der Waals surface area contributed by atoms with Gasteiger partial charge in [-0.05, 0) is 12.5 Å². The van der Waals surface area contributed by atoms with Gasteiger partial charge in [0, 0.05) is 25.9 Å². The average Bonchev–Trinajstić information content (AvgIpc) is 2.98. The molecule has 1 aromatic heterocycles. The maximum absolute atomic E-state index is 12.1.